The highest BCUT2D eigenvalue weighted by Gasteiger charge is 2.42. The minimum absolute atomic E-state index is 0.122. The molecule has 0 aliphatic carbocycles. The molecule has 0 aliphatic rings. The molecule has 0 unspecified atom stereocenters. The van der Waals surface area contributed by atoms with Crippen LogP contribution in [0.5, 0.6) is 0 Å². The summed E-state index contributed by atoms with van der Waals surface area (Å²) in [5.41, 5.74) is 0. The van der Waals surface area contributed by atoms with Crippen LogP contribution in [-0.4, -0.2) is 25.0 Å². The number of hydrogen-bond donors (Lipinski definition) is 4. The van der Waals surface area contributed by atoms with E-state index in [-0.39, 0.29) is 6.42 Å². The molecular weight excluding hydrogens is 290 g/mol. The Balaban J connectivity index is 3.85. The van der Waals surface area contributed by atoms with Gasteiger partial charge >= 0.3 is 15.2 Å². The molecule has 0 heterocycles. The topological polar surface area (TPSA) is 115 Å². The minimum atomic E-state index is -4.73. The third kappa shape index (κ3) is 9.78. The second kappa shape index (κ2) is 9.28. The van der Waals surface area contributed by atoms with E-state index < -0.39 is 20.6 Å². The van der Waals surface area contributed by atoms with Crippen LogP contribution in [0.2, 0.25) is 0 Å². The van der Waals surface area contributed by atoms with Gasteiger partial charge < -0.3 is 19.6 Å². The number of hydrogen-bond acceptors (Lipinski definition) is 2. The summed E-state index contributed by atoms with van der Waals surface area (Å²) in [6.45, 7) is 2.14. The average Bonchev–Trinajstić information content (AvgIpc) is 2.23. The van der Waals surface area contributed by atoms with Crippen LogP contribution in [-0.2, 0) is 9.13 Å². The molecule has 0 bridgehead atoms. The van der Waals surface area contributed by atoms with Gasteiger partial charge in [-0.1, -0.05) is 58.3 Å². The normalized spacial score (nSPS) is 13.2. The molecule has 116 valence electrons. The Labute approximate surface area is 114 Å². The van der Waals surface area contributed by atoms with E-state index in [1.54, 1.807) is 0 Å². The first-order valence-corrected chi connectivity index (χ1v) is 10.2. The zero-order valence-electron chi connectivity index (χ0n) is 11.4. The molecular formula is C11H26O6P2. The molecule has 0 spiro atoms. The quantitative estimate of drug-likeness (QED) is 0.344. The van der Waals surface area contributed by atoms with Crippen LogP contribution in [0, 0.1) is 0 Å². The Morgan fingerprint density at radius 1 is 0.737 bits per heavy atom. The van der Waals surface area contributed by atoms with E-state index >= 15 is 0 Å². The fourth-order valence-electron chi connectivity index (χ4n) is 1.99. The third-order valence-electron chi connectivity index (χ3n) is 3.09. The Kier molecular flexibility index (Phi) is 9.42. The summed E-state index contributed by atoms with van der Waals surface area (Å²) in [4.78, 5) is 35.7. The van der Waals surface area contributed by atoms with E-state index in [0.717, 1.165) is 25.7 Å². The third-order valence-corrected chi connectivity index (χ3v) is 6.97. The van der Waals surface area contributed by atoms with E-state index in [1.165, 1.54) is 19.3 Å². The Morgan fingerprint density at radius 3 is 1.47 bits per heavy atom. The van der Waals surface area contributed by atoms with Gasteiger partial charge in [-0.05, 0) is 6.42 Å². The highest BCUT2D eigenvalue weighted by molar-refractivity contribution is 7.70. The summed E-state index contributed by atoms with van der Waals surface area (Å²) >= 11 is 0. The smallest absolute Gasteiger partial charge is 0.324 e. The van der Waals surface area contributed by atoms with Gasteiger partial charge in [0, 0.05) is 0 Å². The summed E-state index contributed by atoms with van der Waals surface area (Å²) in [5.74, 6) is 0. The summed E-state index contributed by atoms with van der Waals surface area (Å²) in [7, 11) is -9.46. The highest BCUT2D eigenvalue weighted by atomic mass is 31.2. The monoisotopic (exact) mass is 316 g/mol. The van der Waals surface area contributed by atoms with Crippen LogP contribution in [0.3, 0.4) is 0 Å². The van der Waals surface area contributed by atoms with Crippen molar-refractivity contribution in [3.63, 3.8) is 0 Å². The molecule has 0 aromatic heterocycles. The van der Waals surface area contributed by atoms with Crippen LogP contribution in [0.15, 0.2) is 0 Å². The van der Waals surface area contributed by atoms with E-state index in [1.807, 2.05) is 0 Å². The van der Waals surface area contributed by atoms with Crippen molar-refractivity contribution in [2.75, 3.05) is 0 Å². The van der Waals surface area contributed by atoms with Crippen LogP contribution in [0.4, 0.5) is 0 Å². The average molecular weight is 316 g/mol. The molecule has 0 rings (SSSR count). The van der Waals surface area contributed by atoms with Crippen molar-refractivity contribution >= 4 is 15.2 Å². The number of unbranched alkanes of at least 4 members (excludes halogenated alkanes) is 7. The van der Waals surface area contributed by atoms with Crippen molar-refractivity contribution in [3.05, 3.63) is 0 Å². The van der Waals surface area contributed by atoms with Crippen molar-refractivity contribution in [1.29, 1.82) is 0 Å². The lowest BCUT2D eigenvalue weighted by atomic mass is 10.1. The molecule has 0 saturated heterocycles. The van der Waals surface area contributed by atoms with Crippen molar-refractivity contribution in [2.24, 2.45) is 0 Å². The zero-order valence-corrected chi connectivity index (χ0v) is 13.2. The van der Waals surface area contributed by atoms with Gasteiger partial charge in [0.2, 0.25) is 0 Å². The van der Waals surface area contributed by atoms with Gasteiger partial charge in [0.15, 0.2) is 5.40 Å². The zero-order chi connectivity index (χ0) is 14.9. The second-order valence-electron chi connectivity index (χ2n) is 4.92. The Morgan fingerprint density at radius 2 is 1.11 bits per heavy atom. The van der Waals surface area contributed by atoms with E-state index in [0.29, 0.717) is 6.42 Å². The fourth-order valence-corrected chi connectivity index (χ4v) is 4.60. The highest BCUT2D eigenvalue weighted by Crippen LogP contribution is 2.61. The number of rotatable bonds is 11. The second-order valence-corrected chi connectivity index (χ2v) is 8.93. The van der Waals surface area contributed by atoms with Crippen molar-refractivity contribution in [1.82, 2.24) is 0 Å². The van der Waals surface area contributed by atoms with Crippen molar-refractivity contribution < 1.29 is 28.7 Å². The Bertz CT molecular complexity index is 299. The lowest BCUT2D eigenvalue weighted by Gasteiger charge is -2.19. The first-order chi connectivity index (χ1) is 8.69. The maximum atomic E-state index is 11.0. The van der Waals surface area contributed by atoms with Crippen LogP contribution < -0.4 is 0 Å². The van der Waals surface area contributed by atoms with E-state index in [4.69, 9.17) is 19.6 Å². The van der Waals surface area contributed by atoms with Crippen LogP contribution in [0.1, 0.15) is 64.7 Å². The summed E-state index contributed by atoms with van der Waals surface area (Å²) in [6, 6.07) is 0. The van der Waals surface area contributed by atoms with Crippen molar-refractivity contribution in [2.45, 2.75) is 70.1 Å². The molecule has 4 N–H and O–H groups in total. The molecule has 0 radical (unpaired) electrons. The molecule has 0 aromatic carbocycles. The maximum Gasteiger partial charge on any atom is 0.340 e. The van der Waals surface area contributed by atoms with Gasteiger partial charge in [0.05, 0.1) is 0 Å². The Hall–Kier alpha value is 0.300. The summed E-state index contributed by atoms with van der Waals surface area (Å²) < 4.78 is 22.0. The van der Waals surface area contributed by atoms with Gasteiger partial charge in [-0.3, -0.25) is 9.13 Å². The first-order valence-electron chi connectivity index (χ1n) is 6.80. The van der Waals surface area contributed by atoms with E-state index in [9.17, 15) is 9.13 Å². The predicted molar refractivity (Wildman–Crippen MR) is 75.1 cm³/mol. The summed E-state index contributed by atoms with van der Waals surface area (Å²) in [6.07, 6.45) is 7.83. The SMILES string of the molecule is CCCCCCCCCCC(P(=O)(O)O)P(=O)(O)O. The summed E-state index contributed by atoms with van der Waals surface area (Å²) in [5, 5.41) is -1.83. The first kappa shape index (κ1) is 19.3. The molecule has 0 saturated carbocycles. The molecule has 19 heavy (non-hydrogen) atoms. The van der Waals surface area contributed by atoms with E-state index in [2.05, 4.69) is 6.92 Å². The largest absolute Gasteiger partial charge is 0.340 e. The van der Waals surface area contributed by atoms with Gasteiger partial charge in [-0.2, -0.15) is 0 Å². The molecule has 0 amide bonds. The van der Waals surface area contributed by atoms with Crippen LogP contribution in [0.25, 0.3) is 0 Å². The molecule has 0 fully saturated rings. The van der Waals surface area contributed by atoms with Gasteiger partial charge in [0.1, 0.15) is 0 Å². The van der Waals surface area contributed by atoms with Gasteiger partial charge in [0.25, 0.3) is 0 Å². The predicted octanol–water partition coefficient (Wildman–Crippen LogP) is 3.20. The molecule has 0 aromatic rings. The standard InChI is InChI=1S/C11H26O6P2/c1-2-3-4-5-6-7-8-9-10-11(18(12,13)14)19(15,16)17/h11H,2-10H2,1H3,(H2,12,13,14)(H2,15,16,17). The lowest BCUT2D eigenvalue weighted by Crippen LogP contribution is -2.09. The van der Waals surface area contributed by atoms with Crippen molar-refractivity contribution in [3.8, 4) is 0 Å². The molecule has 6 nitrogen and oxygen atoms in total. The molecule has 0 atom stereocenters. The molecule has 8 heteroatoms. The fraction of sp³-hybridized carbons (Fsp3) is 1.00. The van der Waals surface area contributed by atoms with Gasteiger partial charge in [-0.15, -0.1) is 0 Å². The van der Waals surface area contributed by atoms with Gasteiger partial charge in [-0.25, -0.2) is 0 Å². The maximum absolute atomic E-state index is 11.0. The van der Waals surface area contributed by atoms with Crippen LogP contribution >= 0.6 is 15.2 Å². The molecule has 0 aliphatic heterocycles. The lowest BCUT2D eigenvalue weighted by molar-refractivity contribution is 0.333. The minimum Gasteiger partial charge on any atom is -0.324 e.